The number of benzene rings is 2. The molecule has 0 aliphatic carbocycles. The quantitative estimate of drug-likeness (QED) is 0.523. The Morgan fingerprint density at radius 3 is 2.39 bits per heavy atom. The van der Waals surface area contributed by atoms with Crippen molar-refractivity contribution < 1.29 is 0 Å². The third-order valence-electron chi connectivity index (χ3n) is 4.99. The van der Waals surface area contributed by atoms with E-state index in [9.17, 15) is 0 Å². The molecule has 0 radical (unpaired) electrons. The molecule has 2 aromatic carbocycles. The molecule has 0 bridgehead atoms. The summed E-state index contributed by atoms with van der Waals surface area (Å²) in [5.41, 5.74) is 7.63. The number of nitrogens with zero attached hydrogens (tertiary/aromatic N) is 4. The molecule has 28 heavy (non-hydrogen) atoms. The molecule has 142 valence electrons. The van der Waals surface area contributed by atoms with Crippen LogP contribution in [0, 0.1) is 27.7 Å². The van der Waals surface area contributed by atoms with E-state index >= 15 is 0 Å². The Hall–Kier alpha value is -3.41. The second-order valence-corrected chi connectivity index (χ2v) is 7.27. The Labute approximate surface area is 164 Å². The molecular formula is C22H24N6. The molecule has 0 aliphatic rings. The van der Waals surface area contributed by atoms with Gasteiger partial charge < -0.3 is 10.6 Å². The van der Waals surface area contributed by atoms with Crippen molar-refractivity contribution in [2.75, 3.05) is 10.6 Å². The number of hydrogen-bond donors (Lipinski definition) is 2. The minimum Gasteiger partial charge on any atom is -0.339 e. The van der Waals surface area contributed by atoms with E-state index in [0.717, 1.165) is 28.2 Å². The molecule has 0 amide bonds. The van der Waals surface area contributed by atoms with Crippen molar-refractivity contribution in [3.63, 3.8) is 0 Å². The summed E-state index contributed by atoms with van der Waals surface area (Å²) in [5, 5.41) is 12.0. The maximum absolute atomic E-state index is 4.73. The molecule has 4 rings (SSSR count). The van der Waals surface area contributed by atoms with Crippen molar-refractivity contribution in [2.24, 2.45) is 7.05 Å². The van der Waals surface area contributed by atoms with Gasteiger partial charge in [-0.2, -0.15) is 15.1 Å². The molecule has 2 aromatic heterocycles. The number of hydrogen-bond acceptors (Lipinski definition) is 5. The Morgan fingerprint density at radius 1 is 0.821 bits per heavy atom. The fourth-order valence-corrected chi connectivity index (χ4v) is 3.20. The Balaban J connectivity index is 1.76. The maximum Gasteiger partial charge on any atom is 0.231 e. The number of nitrogens with one attached hydrogen (secondary N) is 2. The summed E-state index contributed by atoms with van der Waals surface area (Å²) in [6.07, 6.45) is 1.79. The molecule has 4 aromatic rings. The highest BCUT2D eigenvalue weighted by Crippen LogP contribution is 2.28. The fourth-order valence-electron chi connectivity index (χ4n) is 3.20. The van der Waals surface area contributed by atoms with E-state index in [2.05, 4.69) is 78.7 Å². The van der Waals surface area contributed by atoms with Crippen LogP contribution in [0.4, 0.5) is 23.1 Å². The van der Waals surface area contributed by atoms with Crippen LogP contribution in [0.15, 0.2) is 42.6 Å². The highest BCUT2D eigenvalue weighted by atomic mass is 15.3. The molecule has 2 N–H and O–H groups in total. The summed E-state index contributed by atoms with van der Waals surface area (Å²) in [6, 6.07) is 12.5. The van der Waals surface area contributed by atoms with E-state index in [1.807, 2.05) is 13.1 Å². The Bertz CT molecular complexity index is 1180. The van der Waals surface area contributed by atoms with Crippen molar-refractivity contribution in [1.29, 1.82) is 0 Å². The van der Waals surface area contributed by atoms with Gasteiger partial charge in [0.05, 0.1) is 11.6 Å². The number of aromatic nitrogens is 4. The average Bonchev–Trinajstić information content (AvgIpc) is 3.02. The minimum absolute atomic E-state index is 0.534. The first-order valence-corrected chi connectivity index (χ1v) is 9.29. The second-order valence-electron chi connectivity index (χ2n) is 7.27. The van der Waals surface area contributed by atoms with Gasteiger partial charge in [0, 0.05) is 18.4 Å². The Kier molecular flexibility index (Phi) is 4.47. The van der Waals surface area contributed by atoms with Gasteiger partial charge in [-0.1, -0.05) is 23.8 Å². The number of fused-ring (bicyclic) bond motifs is 1. The van der Waals surface area contributed by atoms with E-state index < -0.39 is 0 Å². The maximum atomic E-state index is 4.73. The van der Waals surface area contributed by atoms with Gasteiger partial charge in [-0.25, -0.2) is 0 Å². The largest absolute Gasteiger partial charge is 0.339 e. The van der Waals surface area contributed by atoms with Crippen molar-refractivity contribution in [1.82, 2.24) is 19.7 Å². The predicted molar refractivity (Wildman–Crippen MR) is 115 cm³/mol. The minimum atomic E-state index is 0.534. The number of rotatable bonds is 4. The van der Waals surface area contributed by atoms with Crippen LogP contribution < -0.4 is 10.6 Å². The van der Waals surface area contributed by atoms with Crippen LogP contribution in [-0.4, -0.2) is 19.7 Å². The molecule has 6 nitrogen and oxygen atoms in total. The first-order chi connectivity index (χ1) is 13.4. The van der Waals surface area contributed by atoms with E-state index in [1.165, 1.54) is 22.3 Å². The van der Waals surface area contributed by atoms with Crippen molar-refractivity contribution in [2.45, 2.75) is 27.7 Å². The summed E-state index contributed by atoms with van der Waals surface area (Å²) in [7, 11) is 1.88. The van der Waals surface area contributed by atoms with Crippen molar-refractivity contribution >= 4 is 34.2 Å². The van der Waals surface area contributed by atoms with Gasteiger partial charge in [-0.3, -0.25) is 4.68 Å². The third-order valence-corrected chi connectivity index (χ3v) is 4.99. The molecule has 0 aliphatic heterocycles. The first-order valence-electron chi connectivity index (χ1n) is 9.29. The highest BCUT2D eigenvalue weighted by Gasteiger charge is 2.13. The van der Waals surface area contributed by atoms with E-state index in [4.69, 9.17) is 4.98 Å². The molecule has 0 saturated carbocycles. The molecule has 2 heterocycles. The lowest BCUT2D eigenvalue weighted by molar-refractivity contribution is 0.786. The monoisotopic (exact) mass is 372 g/mol. The van der Waals surface area contributed by atoms with Gasteiger partial charge in [0.1, 0.15) is 5.82 Å². The molecule has 6 heteroatoms. The summed E-state index contributed by atoms with van der Waals surface area (Å²) in [6.45, 7) is 8.37. The standard InChI is InChI=1S/C22H24N6/c1-13-6-9-19(16(4)10-13)25-20-18-12-23-28(5)21(18)27-22(26-20)24-17-8-7-14(2)15(3)11-17/h6-12H,1-5H3,(H2,24,25,26,27). The van der Waals surface area contributed by atoms with Crippen molar-refractivity contribution in [3.05, 3.63) is 64.8 Å². The van der Waals surface area contributed by atoms with Crippen LogP contribution in [-0.2, 0) is 7.05 Å². The van der Waals surface area contributed by atoms with E-state index in [1.54, 1.807) is 10.9 Å². The normalized spacial score (nSPS) is 11.0. The van der Waals surface area contributed by atoms with E-state index in [0.29, 0.717) is 5.95 Å². The van der Waals surface area contributed by atoms with Crippen LogP contribution in [0.5, 0.6) is 0 Å². The third kappa shape index (κ3) is 3.41. The zero-order chi connectivity index (χ0) is 19.8. The lowest BCUT2D eigenvalue weighted by Crippen LogP contribution is -2.04. The van der Waals surface area contributed by atoms with Gasteiger partial charge in [-0.05, 0) is 62.6 Å². The molecule has 0 fully saturated rings. The summed E-state index contributed by atoms with van der Waals surface area (Å²) < 4.78 is 1.76. The molecule has 0 unspecified atom stereocenters. The van der Waals surface area contributed by atoms with Gasteiger partial charge in [0.15, 0.2) is 5.65 Å². The average molecular weight is 372 g/mol. The lowest BCUT2D eigenvalue weighted by Gasteiger charge is -2.13. The van der Waals surface area contributed by atoms with Gasteiger partial charge in [0.25, 0.3) is 0 Å². The number of aryl methyl sites for hydroxylation is 5. The second kappa shape index (κ2) is 6.96. The lowest BCUT2D eigenvalue weighted by atomic mass is 10.1. The van der Waals surface area contributed by atoms with Crippen LogP contribution in [0.3, 0.4) is 0 Å². The zero-order valence-corrected chi connectivity index (χ0v) is 16.8. The van der Waals surface area contributed by atoms with Gasteiger partial charge in [0.2, 0.25) is 5.95 Å². The van der Waals surface area contributed by atoms with Crippen molar-refractivity contribution in [3.8, 4) is 0 Å². The molecule has 0 saturated heterocycles. The first kappa shape index (κ1) is 18.0. The van der Waals surface area contributed by atoms with E-state index in [-0.39, 0.29) is 0 Å². The van der Waals surface area contributed by atoms with Crippen LogP contribution in [0.1, 0.15) is 22.3 Å². The molecular weight excluding hydrogens is 348 g/mol. The molecule has 0 atom stereocenters. The molecule has 0 spiro atoms. The number of anilines is 4. The summed E-state index contributed by atoms with van der Waals surface area (Å²) in [4.78, 5) is 9.39. The Morgan fingerprint density at radius 2 is 1.64 bits per heavy atom. The van der Waals surface area contributed by atoms with Crippen LogP contribution in [0.2, 0.25) is 0 Å². The topological polar surface area (TPSA) is 67.7 Å². The summed E-state index contributed by atoms with van der Waals surface area (Å²) in [5.74, 6) is 1.27. The highest BCUT2D eigenvalue weighted by molar-refractivity contribution is 5.90. The zero-order valence-electron chi connectivity index (χ0n) is 16.8. The SMILES string of the molecule is Cc1ccc(Nc2nc(Nc3ccc(C)c(C)c3)nc3c2cnn3C)c(C)c1. The fraction of sp³-hybridized carbons (Fsp3) is 0.227. The van der Waals surface area contributed by atoms with Gasteiger partial charge >= 0.3 is 0 Å². The van der Waals surface area contributed by atoms with Crippen LogP contribution in [0.25, 0.3) is 11.0 Å². The summed E-state index contributed by atoms with van der Waals surface area (Å²) >= 11 is 0. The smallest absolute Gasteiger partial charge is 0.231 e. The van der Waals surface area contributed by atoms with Gasteiger partial charge in [-0.15, -0.1) is 0 Å². The van der Waals surface area contributed by atoms with Crippen LogP contribution >= 0.6 is 0 Å². The predicted octanol–water partition coefficient (Wildman–Crippen LogP) is 5.08.